The van der Waals surface area contributed by atoms with Gasteiger partial charge in [-0.05, 0) is 35.7 Å². The summed E-state index contributed by atoms with van der Waals surface area (Å²) in [4.78, 5) is 25.4. The summed E-state index contributed by atoms with van der Waals surface area (Å²) in [5.41, 5.74) is 2.80. The molecule has 2 N–H and O–H groups in total. The molecule has 3 rings (SSSR count). The Labute approximate surface area is 146 Å². The number of thioether (sulfide) groups is 1. The van der Waals surface area contributed by atoms with Gasteiger partial charge in [-0.1, -0.05) is 38.1 Å². The van der Waals surface area contributed by atoms with Crippen LogP contribution in [0.15, 0.2) is 53.4 Å². The Bertz CT molecular complexity index is 756. The van der Waals surface area contributed by atoms with Crippen molar-refractivity contribution in [1.29, 1.82) is 0 Å². The molecular formula is C19H20N2O2S. The zero-order valence-electron chi connectivity index (χ0n) is 13.7. The Kier molecular flexibility index (Phi) is 4.90. The molecule has 1 aliphatic heterocycles. The lowest BCUT2D eigenvalue weighted by Gasteiger charge is -2.23. The summed E-state index contributed by atoms with van der Waals surface area (Å²) in [6.45, 7) is 4.26. The predicted molar refractivity (Wildman–Crippen MR) is 98.5 cm³/mol. The van der Waals surface area contributed by atoms with Crippen LogP contribution < -0.4 is 10.6 Å². The number of nitrogens with one attached hydrogen (secondary N) is 2. The molecule has 0 aromatic heterocycles. The highest BCUT2D eigenvalue weighted by Gasteiger charge is 2.28. The molecule has 2 aromatic carbocycles. The minimum Gasteiger partial charge on any atom is -0.326 e. The SMILES string of the molecule is CC(C)c1ccc(NC(=O)C[C@@H]2Sc3ccccc3NC2=O)cc1. The fourth-order valence-electron chi connectivity index (χ4n) is 2.56. The van der Waals surface area contributed by atoms with E-state index in [-0.39, 0.29) is 18.2 Å². The fraction of sp³-hybridized carbons (Fsp3) is 0.263. The van der Waals surface area contributed by atoms with Crippen molar-refractivity contribution in [3.05, 3.63) is 54.1 Å². The van der Waals surface area contributed by atoms with Crippen LogP contribution in [0.25, 0.3) is 0 Å². The van der Waals surface area contributed by atoms with E-state index in [9.17, 15) is 9.59 Å². The highest BCUT2D eigenvalue weighted by Crippen LogP contribution is 2.36. The average Bonchev–Trinajstić information content (AvgIpc) is 2.56. The number of rotatable bonds is 4. The molecule has 2 amide bonds. The summed E-state index contributed by atoms with van der Waals surface area (Å²) in [5.74, 6) is 0.181. The van der Waals surface area contributed by atoms with E-state index >= 15 is 0 Å². The molecule has 0 fully saturated rings. The second-order valence-electron chi connectivity index (χ2n) is 6.12. The van der Waals surface area contributed by atoms with Crippen LogP contribution in [0.1, 0.15) is 31.7 Å². The minimum absolute atomic E-state index is 0.121. The summed E-state index contributed by atoms with van der Waals surface area (Å²) in [7, 11) is 0. The second-order valence-corrected chi connectivity index (χ2v) is 7.37. The van der Waals surface area contributed by atoms with Gasteiger partial charge in [0.05, 0.1) is 10.9 Å². The third-order valence-electron chi connectivity index (χ3n) is 3.94. The summed E-state index contributed by atoms with van der Waals surface area (Å²) >= 11 is 1.44. The predicted octanol–water partition coefficient (Wildman–Crippen LogP) is 4.25. The highest BCUT2D eigenvalue weighted by atomic mass is 32.2. The van der Waals surface area contributed by atoms with Gasteiger partial charge in [0.2, 0.25) is 11.8 Å². The van der Waals surface area contributed by atoms with E-state index in [1.165, 1.54) is 17.3 Å². The van der Waals surface area contributed by atoms with Crippen LogP contribution in [-0.4, -0.2) is 17.1 Å². The van der Waals surface area contributed by atoms with Crippen LogP contribution >= 0.6 is 11.8 Å². The van der Waals surface area contributed by atoms with Crippen molar-refractivity contribution < 1.29 is 9.59 Å². The number of carbonyl (C=O) groups is 2. The van der Waals surface area contributed by atoms with E-state index in [1.54, 1.807) is 0 Å². The first kappa shape index (κ1) is 16.6. The Hall–Kier alpha value is -2.27. The number of hydrogen-bond donors (Lipinski definition) is 2. The fourth-order valence-corrected chi connectivity index (χ4v) is 3.67. The molecule has 0 bridgehead atoms. The van der Waals surface area contributed by atoms with Crippen molar-refractivity contribution >= 4 is 35.0 Å². The van der Waals surface area contributed by atoms with Gasteiger partial charge in [0, 0.05) is 17.0 Å². The standard InChI is InChI=1S/C19H20N2O2S/c1-12(2)13-7-9-14(10-8-13)20-18(22)11-17-19(23)21-15-5-3-4-6-16(15)24-17/h3-10,12,17H,11H2,1-2H3,(H,20,22)(H,21,23)/t17-/m0/s1. The number of hydrogen-bond acceptors (Lipinski definition) is 3. The van der Waals surface area contributed by atoms with E-state index < -0.39 is 5.25 Å². The van der Waals surface area contributed by atoms with Crippen molar-refractivity contribution in [2.75, 3.05) is 10.6 Å². The monoisotopic (exact) mass is 340 g/mol. The van der Waals surface area contributed by atoms with E-state index in [2.05, 4.69) is 24.5 Å². The molecule has 1 aliphatic rings. The smallest absolute Gasteiger partial charge is 0.238 e. The van der Waals surface area contributed by atoms with Gasteiger partial charge in [0.15, 0.2) is 0 Å². The molecule has 0 unspecified atom stereocenters. The Morgan fingerprint density at radius 2 is 1.88 bits per heavy atom. The van der Waals surface area contributed by atoms with Crippen LogP contribution in [0.5, 0.6) is 0 Å². The summed E-state index contributed by atoms with van der Waals surface area (Å²) in [6, 6.07) is 15.5. The van der Waals surface area contributed by atoms with E-state index in [0.717, 1.165) is 16.3 Å². The summed E-state index contributed by atoms with van der Waals surface area (Å²) in [6.07, 6.45) is 0.150. The molecule has 1 atom stereocenters. The van der Waals surface area contributed by atoms with Crippen LogP contribution in [0.4, 0.5) is 11.4 Å². The maximum atomic E-state index is 12.3. The molecule has 0 aliphatic carbocycles. The maximum absolute atomic E-state index is 12.3. The minimum atomic E-state index is -0.408. The highest BCUT2D eigenvalue weighted by molar-refractivity contribution is 8.01. The zero-order chi connectivity index (χ0) is 17.1. The van der Waals surface area contributed by atoms with Gasteiger partial charge < -0.3 is 10.6 Å². The van der Waals surface area contributed by atoms with Gasteiger partial charge in [-0.2, -0.15) is 0 Å². The molecule has 0 spiro atoms. The van der Waals surface area contributed by atoms with Crippen molar-refractivity contribution in [1.82, 2.24) is 0 Å². The first-order valence-corrected chi connectivity index (χ1v) is 8.87. The zero-order valence-corrected chi connectivity index (χ0v) is 14.5. The van der Waals surface area contributed by atoms with E-state index in [0.29, 0.717) is 5.92 Å². The Morgan fingerprint density at radius 3 is 2.58 bits per heavy atom. The average molecular weight is 340 g/mol. The molecule has 0 saturated carbocycles. The lowest BCUT2D eigenvalue weighted by atomic mass is 10.0. The number of amides is 2. The van der Waals surface area contributed by atoms with Gasteiger partial charge in [0.25, 0.3) is 0 Å². The van der Waals surface area contributed by atoms with Crippen molar-refractivity contribution in [2.24, 2.45) is 0 Å². The number of benzene rings is 2. The first-order chi connectivity index (χ1) is 11.5. The third kappa shape index (κ3) is 3.79. The molecule has 5 heteroatoms. The molecule has 2 aromatic rings. The molecule has 0 radical (unpaired) electrons. The normalized spacial score (nSPS) is 16.5. The van der Waals surface area contributed by atoms with Gasteiger partial charge in [0.1, 0.15) is 0 Å². The summed E-state index contributed by atoms with van der Waals surface area (Å²) in [5, 5.41) is 5.32. The lowest BCUT2D eigenvalue weighted by Crippen LogP contribution is -2.32. The number of para-hydroxylation sites is 1. The topological polar surface area (TPSA) is 58.2 Å². The van der Waals surface area contributed by atoms with Crippen molar-refractivity contribution in [3.8, 4) is 0 Å². The van der Waals surface area contributed by atoms with Crippen LogP contribution in [-0.2, 0) is 9.59 Å². The van der Waals surface area contributed by atoms with Gasteiger partial charge in [-0.25, -0.2) is 0 Å². The number of anilines is 2. The second kappa shape index (κ2) is 7.09. The Morgan fingerprint density at radius 1 is 1.17 bits per heavy atom. The first-order valence-electron chi connectivity index (χ1n) is 7.99. The van der Waals surface area contributed by atoms with Crippen LogP contribution in [0.3, 0.4) is 0 Å². The van der Waals surface area contributed by atoms with Crippen LogP contribution in [0, 0.1) is 0 Å². The number of carbonyl (C=O) groups excluding carboxylic acids is 2. The Balaban J connectivity index is 1.62. The molecule has 124 valence electrons. The van der Waals surface area contributed by atoms with Gasteiger partial charge >= 0.3 is 0 Å². The van der Waals surface area contributed by atoms with Crippen LogP contribution in [0.2, 0.25) is 0 Å². The third-order valence-corrected chi connectivity index (χ3v) is 5.21. The molecule has 0 saturated heterocycles. The number of fused-ring (bicyclic) bond motifs is 1. The van der Waals surface area contributed by atoms with E-state index in [1.807, 2.05) is 48.5 Å². The van der Waals surface area contributed by atoms with E-state index in [4.69, 9.17) is 0 Å². The lowest BCUT2D eigenvalue weighted by molar-refractivity contribution is -0.120. The van der Waals surface area contributed by atoms with Crippen molar-refractivity contribution in [2.45, 2.75) is 36.3 Å². The molecular weight excluding hydrogens is 320 g/mol. The van der Waals surface area contributed by atoms with Crippen molar-refractivity contribution in [3.63, 3.8) is 0 Å². The largest absolute Gasteiger partial charge is 0.326 e. The maximum Gasteiger partial charge on any atom is 0.238 e. The molecule has 1 heterocycles. The summed E-state index contributed by atoms with van der Waals surface area (Å²) < 4.78 is 0. The molecule has 4 nitrogen and oxygen atoms in total. The van der Waals surface area contributed by atoms with Gasteiger partial charge in [-0.3, -0.25) is 9.59 Å². The quantitative estimate of drug-likeness (QED) is 0.875. The molecule has 24 heavy (non-hydrogen) atoms. The van der Waals surface area contributed by atoms with Gasteiger partial charge in [-0.15, -0.1) is 11.8 Å².